The monoisotopic (exact) mass is 244 g/mol. The summed E-state index contributed by atoms with van der Waals surface area (Å²) in [5.41, 5.74) is 0. The molecule has 0 aromatic carbocycles. The lowest BCUT2D eigenvalue weighted by Crippen LogP contribution is -2.45. The summed E-state index contributed by atoms with van der Waals surface area (Å²) in [5.74, 6) is 0.0355. The van der Waals surface area contributed by atoms with Crippen LogP contribution in [0.15, 0.2) is 0 Å². The minimum atomic E-state index is 0.0355. The zero-order valence-corrected chi connectivity index (χ0v) is 10.6. The van der Waals surface area contributed by atoms with Gasteiger partial charge in [0.05, 0.1) is 6.54 Å². The van der Waals surface area contributed by atoms with Gasteiger partial charge in [-0.1, -0.05) is 6.92 Å². The summed E-state index contributed by atoms with van der Waals surface area (Å²) < 4.78 is 5.23. The fourth-order valence-corrected chi connectivity index (χ4v) is 1.96. The number of carbonyl (C=O) groups excluding carboxylic acids is 1. The van der Waals surface area contributed by atoms with E-state index >= 15 is 0 Å². The first-order valence-electron chi connectivity index (χ1n) is 6.47. The van der Waals surface area contributed by atoms with Crippen LogP contribution in [-0.4, -0.2) is 49.5 Å². The molecule has 1 amide bonds. The largest absolute Gasteiger partial charge is 0.396 e. The average molecular weight is 244 g/mol. The topological polar surface area (TPSA) is 70.6 Å². The fourth-order valence-electron chi connectivity index (χ4n) is 1.96. The van der Waals surface area contributed by atoms with Crippen molar-refractivity contribution in [3.05, 3.63) is 0 Å². The molecule has 1 saturated heterocycles. The summed E-state index contributed by atoms with van der Waals surface area (Å²) in [6.45, 7) is 4.01. The Kier molecular flexibility index (Phi) is 7.16. The lowest BCUT2D eigenvalue weighted by molar-refractivity contribution is -0.121. The highest BCUT2D eigenvalue weighted by Crippen LogP contribution is 2.05. The van der Waals surface area contributed by atoms with Crippen molar-refractivity contribution in [1.29, 1.82) is 0 Å². The molecule has 1 heterocycles. The van der Waals surface area contributed by atoms with E-state index in [4.69, 9.17) is 9.84 Å². The normalized spacial score (nSPS) is 18.9. The second-order valence-electron chi connectivity index (χ2n) is 4.45. The van der Waals surface area contributed by atoms with Crippen LogP contribution >= 0.6 is 0 Å². The molecular weight excluding hydrogens is 220 g/mol. The molecule has 1 aliphatic rings. The molecule has 1 rings (SSSR count). The number of hydrogen-bond acceptors (Lipinski definition) is 4. The first-order valence-corrected chi connectivity index (χ1v) is 6.47. The van der Waals surface area contributed by atoms with Gasteiger partial charge in [0.1, 0.15) is 0 Å². The minimum Gasteiger partial charge on any atom is -0.396 e. The number of nitrogens with one attached hydrogen (secondary N) is 2. The lowest BCUT2D eigenvalue weighted by Gasteiger charge is -2.23. The summed E-state index contributed by atoms with van der Waals surface area (Å²) >= 11 is 0. The first-order chi connectivity index (χ1) is 8.26. The Balaban J connectivity index is 2.14. The maximum atomic E-state index is 11.7. The SMILES string of the molecule is CCC(CCO)NCC(=O)NC1CCOCC1. The molecule has 0 aromatic rings. The van der Waals surface area contributed by atoms with E-state index in [1.165, 1.54) is 0 Å². The van der Waals surface area contributed by atoms with Gasteiger partial charge >= 0.3 is 0 Å². The van der Waals surface area contributed by atoms with E-state index in [1.807, 2.05) is 6.92 Å². The molecule has 1 atom stereocenters. The maximum absolute atomic E-state index is 11.7. The van der Waals surface area contributed by atoms with Crippen molar-refractivity contribution >= 4 is 5.91 Å². The van der Waals surface area contributed by atoms with Crippen LogP contribution in [-0.2, 0) is 9.53 Å². The average Bonchev–Trinajstić information content (AvgIpc) is 2.35. The van der Waals surface area contributed by atoms with Gasteiger partial charge in [0.15, 0.2) is 0 Å². The molecule has 17 heavy (non-hydrogen) atoms. The molecule has 5 heteroatoms. The van der Waals surface area contributed by atoms with Crippen molar-refractivity contribution < 1.29 is 14.6 Å². The van der Waals surface area contributed by atoms with E-state index in [2.05, 4.69) is 10.6 Å². The van der Waals surface area contributed by atoms with Gasteiger partial charge < -0.3 is 20.5 Å². The van der Waals surface area contributed by atoms with Crippen molar-refractivity contribution in [1.82, 2.24) is 10.6 Å². The Morgan fingerprint density at radius 2 is 2.18 bits per heavy atom. The predicted octanol–water partition coefficient (Wildman–Crippen LogP) is 0.0322. The number of hydrogen-bond donors (Lipinski definition) is 3. The number of carbonyl (C=O) groups is 1. The molecular formula is C12H24N2O3. The summed E-state index contributed by atoms with van der Waals surface area (Å²) in [6.07, 6.45) is 3.42. The van der Waals surface area contributed by atoms with Crippen molar-refractivity contribution in [3.8, 4) is 0 Å². The zero-order chi connectivity index (χ0) is 12.5. The van der Waals surface area contributed by atoms with Crippen LogP contribution < -0.4 is 10.6 Å². The fraction of sp³-hybridized carbons (Fsp3) is 0.917. The smallest absolute Gasteiger partial charge is 0.234 e. The van der Waals surface area contributed by atoms with E-state index < -0.39 is 0 Å². The van der Waals surface area contributed by atoms with Crippen LogP contribution in [0, 0.1) is 0 Å². The van der Waals surface area contributed by atoms with Gasteiger partial charge in [-0.3, -0.25) is 4.79 Å². The Morgan fingerprint density at radius 3 is 2.76 bits per heavy atom. The number of aliphatic hydroxyl groups is 1. The number of rotatable bonds is 7. The predicted molar refractivity (Wildman–Crippen MR) is 65.8 cm³/mol. The Bertz CT molecular complexity index is 218. The second kappa shape index (κ2) is 8.44. The quantitative estimate of drug-likeness (QED) is 0.591. The molecule has 0 aliphatic carbocycles. The molecule has 5 nitrogen and oxygen atoms in total. The molecule has 0 saturated carbocycles. The second-order valence-corrected chi connectivity index (χ2v) is 4.45. The number of aliphatic hydroxyl groups excluding tert-OH is 1. The molecule has 0 aromatic heterocycles. The van der Waals surface area contributed by atoms with Crippen LogP contribution in [0.25, 0.3) is 0 Å². The van der Waals surface area contributed by atoms with Gasteiger partial charge in [-0.15, -0.1) is 0 Å². The van der Waals surface area contributed by atoms with Crippen LogP contribution in [0.1, 0.15) is 32.6 Å². The van der Waals surface area contributed by atoms with E-state index in [0.717, 1.165) is 32.5 Å². The van der Waals surface area contributed by atoms with Gasteiger partial charge in [-0.2, -0.15) is 0 Å². The third-order valence-corrected chi connectivity index (χ3v) is 3.11. The van der Waals surface area contributed by atoms with E-state index in [0.29, 0.717) is 13.0 Å². The Hall–Kier alpha value is -0.650. The minimum absolute atomic E-state index is 0.0355. The van der Waals surface area contributed by atoms with Crippen LogP contribution in [0.2, 0.25) is 0 Å². The van der Waals surface area contributed by atoms with Gasteiger partial charge in [-0.25, -0.2) is 0 Å². The highest BCUT2D eigenvalue weighted by atomic mass is 16.5. The van der Waals surface area contributed by atoms with Crippen molar-refractivity contribution in [2.24, 2.45) is 0 Å². The molecule has 3 N–H and O–H groups in total. The molecule has 1 aliphatic heterocycles. The van der Waals surface area contributed by atoms with Crippen molar-refractivity contribution in [3.63, 3.8) is 0 Å². The summed E-state index contributed by atoms with van der Waals surface area (Å²) in [4.78, 5) is 11.7. The van der Waals surface area contributed by atoms with Crippen molar-refractivity contribution in [2.75, 3.05) is 26.4 Å². The van der Waals surface area contributed by atoms with E-state index in [9.17, 15) is 4.79 Å². The van der Waals surface area contributed by atoms with E-state index in [1.54, 1.807) is 0 Å². The summed E-state index contributed by atoms with van der Waals surface area (Å²) in [7, 11) is 0. The molecule has 100 valence electrons. The van der Waals surface area contributed by atoms with E-state index in [-0.39, 0.29) is 24.6 Å². The number of amides is 1. The Morgan fingerprint density at radius 1 is 1.47 bits per heavy atom. The third-order valence-electron chi connectivity index (χ3n) is 3.11. The van der Waals surface area contributed by atoms with Gasteiger partial charge in [0.25, 0.3) is 0 Å². The van der Waals surface area contributed by atoms with Crippen LogP contribution in [0.4, 0.5) is 0 Å². The van der Waals surface area contributed by atoms with Crippen molar-refractivity contribution in [2.45, 2.75) is 44.7 Å². The molecule has 0 bridgehead atoms. The number of ether oxygens (including phenoxy) is 1. The molecule has 0 radical (unpaired) electrons. The molecule has 0 spiro atoms. The standard InChI is InChI=1S/C12H24N2O3/c1-2-10(3-6-15)13-9-12(16)14-11-4-7-17-8-5-11/h10-11,13,15H,2-9H2,1H3,(H,14,16). The lowest BCUT2D eigenvalue weighted by atomic mass is 10.1. The first kappa shape index (κ1) is 14.4. The van der Waals surface area contributed by atoms with Gasteiger partial charge in [-0.05, 0) is 25.7 Å². The summed E-state index contributed by atoms with van der Waals surface area (Å²) in [5, 5.41) is 15.0. The molecule has 1 unspecified atom stereocenters. The highest BCUT2D eigenvalue weighted by Gasteiger charge is 2.16. The Labute approximate surface area is 103 Å². The maximum Gasteiger partial charge on any atom is 0.234 e. The van der Waals surface area contributed by atoms with Crippen LogP contribution in [0.3, 0.4) is 0 Å². The molecule has 1 fully saturated rings. The third kappa shape index (κ3) is 6.00. The van der Waals surface area contributed by atoms with Gasteiger partial charge in [0, 0.05) is 31.9 Å². The summed E-state index contributed by atoms with van der Waals surface area (Å²) in [6, 6.07) is 0.483. The highest BCUT2D eigenvalue weighted by molar-refractivity contribution is 5.78. The van der Waals surface area contributed by atoms with Crippen LogP contribution in [0.5, 0.6) is 0 Å². The zero-order valence-electron chi connectivity index (χ0n) is 10.6. The van der Waals surface area contributed by atoms with Gasteiger partial charge in [0.2, 0.25) is 5.91 Å².